The molecule has 1 fully saturated rings. The Kier molecular flexibility index (Phi) is 2.38. The Morgan fingerprint density at radius 2 is 2.38 bits per heavy atom. The third-order valence-electron chi connectivity index (χ3n) is 2.90. The van der Waals surface area contributed by atoms with Crippen LogP contribution in [-0.2, 0) is 6.54 Å². The third-order valence-corrected chi connectivity index (χ3v) is 2.90. The van der Waals surface area contributed by atoms with E-state index in [-0.39, 0.29) is 0 Å². The fourth-order valence-corrected chi connectivity index (χ4v) is 1.89. The molecule has 0 bridgehead atoms. The monoisotopic (exact) mass is 215 g/mol. The molecule has 5 heteroatoms. The molecule has 1 N–H and O–H groups in total. The fraction of sp³-hybridized carbons (Fsp3) is 0.364. The Balaban J connectivity index is 1.82. The molecule has 5 nitrogen and oxygen atoms in total. The minimum absolute atomic E-state index is 0.596. The van der Waals surface area contributed by atoms with E-state index in [1.54, 1.807) is 6.20 Å². The van der Waals surface area contributed by atoms with Gasteiger partial charge in [0.2, 0.25) is 0 Å². The zero-order chi connectivity index (χ0) is 10.8. The highest BCUT2D eigenvalue weighted by molar-refractivity contribution is 5.13. The molecule has 0 radical (unpaired) electrons. The van der Waals surface area contributed by atoms with Gasteiger partial charge in [0.25, 0.3) is 0 Å². The lowest BCUT2D eigenvalue weighted by Gasteiger charge is -2.27. The maximum atomic E-state index is 4.21. The van der Waals surface area contributed by atoms with Crippen LogP contribution in [0, 0.1) is 0 Å². The molecule has 82 valence electrons. The molecule has 1 saturated heterocycles. The summed E-state index contributed by atoms with van der Waals surface area (Å²) >= 11 is 0. The third kappa shape index (κ3) is 1.69. The number of aromatic nitrogens is 4. The van der Waals surface area contributed by atoms with Crippen LogP contribution in [0.2, 0.25) is 0 Å². The van der Waals surface area contributed by atoms with Gasteiger partial charge in [0.15, 0.2) is 0 Å². The van der Waals surface area contributed by atoms with Crippen LogP contribution >= 0.6 is 0 Å². The highest BCUT2D eigenvalue weighted by atomic mass is 15.1. The van der Waals surface area contributed by atoms with Gasteiger partial charge in [-0.1, -0.05) is 0 Å². The second-order valence-electron chi connectivity index (χ2n) is 4.02. The van der Waals surface area contributed by atoms with Gasteiger partial charge in [-0.25, -0.2) is 4.98 Å². The second-order valence-corrected chi connectivity index (χ2v) is 4.02. The minimum Gasteiger partial charge on any atom is -0.328 e. The van der Waals surface area contributed by atoms with Crippen molar-refractivity contribution in [2.75, 3.05) is 13.1 Å². The quantitative estimate of drug-likeness (QED) is 0.805. The summed E-state index contributed by atoms with van der Waals surface area (Å²) < 4.78 is 2.15. The van der Waals surface area contributed by atoms with Crippen molar-refractivity contribution in [3.8, 4) is 0 Å². The number of rotatable bonds is 3. The van der Waals surface area contributed by atoms with Gasteiger partial charge in [0, 0.05) is 37.1 Å². The van der Waals surface area contributed by atoms with Crippen molar-refractivity contribution in [2.45, 2.75) is 12.5 Å². The molecule has 0 spiro atoms. The van der Waals surface area contributed by atoms with Crippen LogP contribution in [0.3, 0.4) is 0 Å². The average molecular weight is 215 g/mol. The molecule has 3 rings (SSSR count). The summed E-state index contributed by atoms with van der Waals surface area (Å²) in [5.74, 6) is 0.596. The summed E-state index contributed by atoms with van der Waals surface area (Å²) in [6.45, 7) is 2.85. The number of nitrogens with one attached hydrogen (secondary N) is 1. The molecule has 0 aliphatic carbocycles. The predicted octanol–water partition coefficient (Wildman–Crippen LogP) is 0.408. The molecule has 2 aromatic rings. The maximum absolute atomic E-state index is 4.21. The normalized spacial score (nSPS) is 16.0. The first-order chi connectivity index (χ1) is 7.93. The van der Waals surface area contributed by atoms with Crippen LogP contribution in [0.5, 0.6) is 0 Å². The Hall–Kier alpha value is -1.75. The summed E-state index contributed by atoms with van der Waals surface area (Å²) in [5.41, 5.74) is 2.25. The van der Waals surface area contributed by atoms with E-state index >= 15 is 0 Å². The minimum atomic E-state index is 0.596. The van der Waals surface area contributed by atoms with Crippen molar-refractivity contribution >= 4 is 0 Å². The van der Waals surface area contributed by atoms with E-state index in [4.69, 9.17) is 0 Å². The molecule has 2 aromatic heterocycles. The smallest absolute Gasteiger partial charge is 0.0951 e. The van der Waals surface area contributed by atoms with Crippen LogP contribution in [0.4, 0.5) is 0 Å². The van der Waals surface area contributed by atoms with E-state index in [1.165, 1.54) is 5.69 Å². The molecular weight excluding hydrogens is 202 g/mol. The van der Waals surface area contributed by atoms with Crippen LogP contribution in [0.15, 0.2) is 30.9 Å². The molecule has 1 aliphatic rings. The van der Waals surface area contributed by atoms with Gasteiger partial charge in [-0.15, -0.1) is 0 Å². The Morgan fingerprint density at radius 1 is 1.44 bits per heavy atom. The molecule has 0 saturated carbocycles. The van der Waals surface area contributed by atoms with Gasteiger partial charge in [-0.2, -0.15) is 10.2 Å². The fourth-order valence-electron chi connectivity index (χ4n) is 1.89. The van der Waals surface area contributed by atoms with Crippen LogP contribution in [-0.4, -0.2) is 32.8 Å². The Bertz CT molecular complexity index is 460. The lowest BCUT2D eigenvalue weighted by atomic mass is 10.00. The first kappa shape index (κ1) is 9.47. The van der Waals surface area contributed by atoms with E-state index in [0.717, 1.165) is 25.3 Å². The maximum Gasteiger partial charge on any atom is 0.0951 e. The molecule has 0 amide bonds. The number of imidazole rings is 1. The van der Waals surface area contributed by atoms with E-state index in [0.29, 0.717) is 5.92 Å². The number of hydrogen-bond donors (Lipinski definition) is 1. The van der Waals surface area contributed by atoms with E-state index in [9.17, 15) is 0 Å². The van der Waals surface area contributed by atoms with Crippen molar-refractivity contribution in [3.63, 3.8) is 0 Å². The summed E-state index contributed by atoms with van der Waals surface area (Å²) in [6.07, 6.45) is 5.50. The average Bonchev–Trinajstić information content (AvgIpc) is 2.66. The largest absolute Gasteiger partial charge is 0.328 e. The number of hydrogen-bond acceptors (Lipinski definition) is 4. The molecule has 1 aliphatic heterocycles. The highest BCUT2D eigenvalue weighted by Crippen LogP contribution is 2.19. The van der Waals surface area contributed by atoms with Gasteiger partial charge in [0.1, 0.15) is 0 Å². The summed E-state index contributed by atoms with van der Waals surface area (Å²) in [4.78, 5) is 4.21. The summed E-state index contributed by atoms with van der Waals surface area (Å²) in [6, 6.07) is 3.89. The summed E-state index contributed by atoms with van der Waals surface area (Å²) in [5, 5.41) is 11.2. The van der Waals surface area contributed by atoms with Gasteiger partial charge >= 0.3 is 0 Å². The Morgan fingerprint density at radius 3 is 3.06 bits per heavy atom. The second kappa shape index (κ2) is 4.02. The van der Waals surface area contributed by atoms with Gasteiger partial charge in [-0.05, 0) is 12.1 Å². The molecule has 0 aromatic carbocycles. The highest BCUT2D eigenvalue weighted by Gasteiger charge is 2.22. The van der Waals surface area contributed by atoms with Crippen molar-refractivity contribution in [1.82, 2.24) is 25.1 Å². The molecule has 16 heavy (non-hydrogen) atoms. The zero-order valence-corrected chi connectivity index (χ0v) is 8.87. The van der Waals surface area contributed by atoms with Crippen molar-refractivity contribution in [2.24, 2.45) is 0 Å². The first-order valence-corrected chi connectivity index (χ1v) is 5.41. The van der Waals surface area contributed by atoms with Crippen molar-refractivity contribution in [1.29, 1.82) is 0 Å². The molecule has 3 heterocycles. The van der Waals surface area contributed by atoms with Crippen molar-refractivity contribution < 1.29 is 0 Å². The van der Waals surface area contributed by atoms with Gasteiger partial charge in [0.05, 0.1) is 18.6 Å². The predicted molar refractivity (Wildman–Crippen MR) is 59.0 cm³/mol. The SMILES string of the molecule is c1cnnc(Cn2cncc2C2CNC2)c1. The van der Waals surface area contributed by atoms with Crippen LogP contribution < -0.4 is 5.32 Å². The lowest BCUT2D eigenvalue weighted by Crippen LogP contribution is -2.40. The lowest BCUT2D eigenvalue weighted by molar-refractivity contribution is 0.426. The van der Waals surface area contributed by atoms with Gasteiger partial charge in [-0.3, -0.25) is 0 Å². The van der Waals surface area contributed by atoms with Crippen LogP contribution in [0.1, 0.15) is 17.3 Å². The van der Waals surface area contributed by atoms with Gasteiger partial charge < -0.3 is 9.88 Å². The van der Waals surface area contributed by atoms with E-state index in [2.05, 4.69) is 25.1 Å². The first-order valence-electron chi connectivity index (χ1n) is 5.41. The van der Waals surface area contributed by atoms with E-state index < -0.39 is 0 Å². The number of nitrogens with zero attached hydrogens (tertiary/aromatic N) is 4. The standard InChI is InChI=1S/C11H13N5/c1-2-10(15-14-3-1)7-16-8-13-6-11(16)9-4-12-5-9/h1-3,6,8-9,12H,4-5,7H2. The molecular formula is C11H13N5. The topological polar surface area (TPSA) is 55.6 Å². The summed E-state index contributed by atoms with van der Waals surface area (Å²) in [7, 11) is 0. The molecule has 0 atom stereocenters. The van der Waals surface area contributed by atoms with Crippen LogP contribution in [0.25, 0.3) is 0 Å². The zero-order valence-electron chi connectivity index (χ0n) is 8.87. The molecule has 0 unspecified atom stereocenters. The van der Waals surface area contributed by atoms with Crippen molar-refractivity contribution in [3.05, 3.63) is 42.2 Å². The van der Waals surface area contributed by atoms with E-state index in [1.807, 2.05) is 24.7 Å². The Labute approximate surface area is 93.5 Å².